The van der Waals surface area contributed by atoms with Crippen LogP contribution in [-0.2, 0) is 18.4 Å². The second kappa shape index (κ2) is 10.7. The predicted molar refractivity (Wildman–Crippen MR) is 116 cm³/mol. The fourth-order valence-corrected chi connectivity index (χ4v) is 3.49. The second-order valence-electron chi connectivity index (χ2n) is 6.83. The molecule has 0 aliphatic rings. The number of anilines is 1. The molecular formula is C21H21F2N5O3S. The Morgan fingerprint density at radius 3 is 2.62 bits per heavy atom. The van der Waals surface area contributed by atoms with Gasteiger partial charge in [-0.25, -0.2) is 0 Å². The SMILES string of the molecule is CN(Cc1ccc(OC(F)F)cc1)C(=O)c1cccc(NC(=O)CSc2nncn2C)c1. The smallest absolute Gasteiger partial charge is 0.387 e. The van der Waals surface area contributed by atoms with Crippen LogP contribution < -0.4 is 10.1 Å². The Kier molecular flexibility index (Phi) is 7.77. The van der Waals surface area contributed by atoms with Gasteiger partial charge in [0.25, 0.3) is 5.91 Å². The van der Waals surface area contributed by atoms with Gasteiger partial charge in [0.1, 0.15) is 12.1 Å². The van der Waals surface area contributed by atoms with Gasteiger partial charge in [0.2, 0.25) is 5.91 Å². The van der Waals surface area contributed by atoms with E-state index in [0.717, 1.165) is 5.56 Å². The molecule has 1 N–H and O–H groups in total. The molecule has 0 aliphatic carbocycles. The Labute approximate surface area is 187 Å². The average molecular weight is 461 g/mol. The van der Waals surface area contributed by atoms with Gasteiger partial charge >= 0.3 is 6.61 Å². The highest BCUT2D eigenvalue weighted by atomic mass is 32.2. The summed E-state index contributed by atoms with van der Waals surface area (Å²) in [7, 11) is 3.42. The maximum Gasteiger partial charge on any atom is 0.387 e. The van der Waals surface area contributed by atoms with Gasteiger partial charge in [-0.05, 0) is 35.9 Å². The summed E-state index contributed by atoms with van der Waals surface area (Å²) in [5.74, 6) is -0.279. The van der Waals surface area contributed by atoms with Gasteiger partial charge in [0.05, 0.1) is 5.75 Å². The highest BCUT2D eigenvalue weighted by Gasteiger charge is 2.14. The summed E-state index contributed by atoms with van der Waals surface area (Å²) in [5.41, 5.74) is 1.66. The lowest BCUT2D eigenvalue weighted by Gasteiger charge is -2.18. The van der Waals surface area contributed by atoms with Gasteiger partial charge < -0.3 is 19.5 Å². The van der Waals surface area contributed by atoms with Crippen LogP contribution in [-0.4, -0.2) is 50.9 Å². The average Bonchev–Trinajstić information content (AvgIpc) is 3.17. The predicted octanol–water partition coefficient (Wildman–Crippen LogP) is 3.42. The van der Waals surface area contributed by atoms with Gasteiger partial charge in [-0.1, -0.05) is 30.0 Å². The quantitative estimate of drug-likeness (QED) is 0.491. The van der Waals surface area contributed by atoms with Gasteiger partial charge in [-0.2, -0.15) is 8.78 Å². The van der Waals surface area contributed by atoms with E-state index in [1.54, 1.807) is 61.4 Å². The molecule has 2 amide bonds. The fraction of sp³-hybridized carbons (Fsp3) is 0.238. The third kappa shape index (κ3) is 6.51. The molecule has 0 spiro atoms. The Hall–Kier alpha value is -3.47. The summed E-state index contributed by atoms with van der Waals surface area (Å²) < 4.78 is 30.5. The number of benzene rings is 2. The number of carbonyl (C=O) groups excluding carboxylic acids is 2. The van der Waals surface area contributed by atoms with Crippen molar-refractivity contribution in [2.75, 3.05) is 18.1 Å². The van der Waals surface area contributed by atoms with Crippen LogP contribution in [0.25, 0.3) is 0 Å². The zero-order chi connectivity index (χ0) is 23.1. The highest BCUT2D eigenvalue weighted by Crippen LogP contribution is 2.18. The highest BCUT2D eigenvalue weighted by molar-refractivity contribution is 7.99. The van der Waals surface area contributed by atoms with E-state index >= 15 is 0 Å². The summed E-state index contributed by atoms with van der Waals surface area (Å²) in [6, 6.07) is 12.7. The first-order chi connectivity index (χ1) is 15.3. The minimum Gasteiger partial charge on any atom is -0.435 e. The minimum absolute atomic E-state index is 0.0542. The first-order valence-electron chi connectivity index (χ1n) is 9.48. The number of amides is 2. The van der Waals surface area contributed by atoms with E-state index in [2.05, 4.69) is 20.3 Å². The number of hydrogen-bond acceptors (Lipinski definition) is 6. The number of aryl methyl sites for hydroxylation is 1. The molecule has 1 aromatic heterocycles. The van der Waals surface area contributed by atoms with Crippen LogP contribution in [0, 0.1) is 0 Å². The number of thioether (sulfide) groups is 1. The number of ether oxygens (including phenoxy) is 1. The van der Waals surface area contributed by atoms with Gasteiger partial charge in [-0.15, -0.1) is 10.2 Å². The first-order valence-corrected chi connectivity index (χ1v) is 10.5. The van der Waals surface area contributed by atoms with Crippen molar-refractivity contribution in [3.63, 3.8) is 0 Å². The molecule has 168 valence electrons. The molecule has 0 saturated heterocycles. The van der Waals surface area contributed by atoms with Crippen molar-refractivity contribution >= 4 is 29.3 Å². The standard InChI is InChI=1S/C21H21F2N5O3S/c1-27(11-14-6-8-17(9-7-14)31-20(22)23)19(30)15-4-3-5-16(10-15)25-18(29)12-32-21-26-24-13-28(21)2/h3-10,13,20H,11-12H2,1-2H3,(H,25,29). The van der Waals surface area contributed by atoms with Crippen LogP contribution in [0.15, 0.2) is 60.0 Å². The lowest BCUT2D eigenvalue weighted by atomic mass is 10.1. The lowest BCUT2D eigenvalue weighted by Crippen LogP contribution is -2.26. The molecule has 3 rings (SSSR count). The van der Waals surface area contributed by atoms with Crippen molar-refractivity contribution in [1.82, 2.24) is 19.7 Å². The summed E-state index contributed by atoms with van der Waals surface area (Å²) in [5, 5.41) is 11.1. The van der Waals surface area contributed by atoms with Crippen LogP contribution >= 0.6 is 11.8 Å². The van der Waals surface area contributed by atoms with E-state index in [1.807, 2.05) is 0 Å². The number of rotatable bonds is 9. The molecule has 1 heterocycles. The van der Waals surface area contributed by atoms with E-state index < -0.39 is 6.61 Å². The molecule has 0 radical (unpaired) electrons. The number of alkyl halides is 2. The van der Waals surface area contributed by atoms with Crippen LogP contribution in [0.3, 0.4) is 0 Å². The first kappa shape index (κ1) is 23.2. The monoisotopic (exact) mass is 461 g/mol. The van der Waals surface area contributed by atoms with Crippen molar-refractivity contribution in [3.8, 4) is 5.75 Å². The fourth-order valence-electron chi connectivity index (χ4n) is 2.80. The minimum atomic E-state index is -2.89. The van der Waals surface area contributed by atoms with E-state index in [0.29, 0.717) is 16.4 Å². The maximum absolute atomic E-state index is 12.8. The van der Waals surface area contributed by atoms with Crippen molar-refractivity contribution < 1.29 is 23.1 Å². The van der Waals surface area contributed by atoms with E-state index in [-0.39, 0.29) is 29.9 Å². The molecule has 0 atom stereocenters. The molecule has 0 bridgehead atoms. The van der Waals surface area contributed by atoms with Crippen LogP contribution in [0.2, 0.25) is 0 Å². The van der Waals surface area contributed by atoms with Crippen LogP contribution in [0.1, 0.15) is 15.9 Å². The Bertz CT molecular complexity index is 1080. The number of carbonyl (C=O) groups is 2. The second-order valence-corrected chi connectivity index (χ2v) is 7.77. The number of hydrogen-bond donors (Lipinski definition) is 1. The Morgan fingerprint density at radius 2 is 1.97 bits per heavy atom. The zero-order valence-electron chi connectivity index (χ0n) is 17.4. The normalized spacial score (nSPS) is 10.8. The van der Waals surface area contributed by atoms with Crippen LogP contribution in [0.4, 0.5) is 14.5 Å². The molecule has 3 aromatic rings. The molecule has 0 saturated carbocycles. The van der Waals surface area contributed by atoms with Gasteiger partial charge in [0, 0.05) is 31.9 Å². The Balaban J connectivity index is 1.56. The molecule has 8 nitrogen and oxygen atoms in total. The largest absolute Gasteiger partial charge is 0.435 e. The zero-order valence-corrected chi connectivity index (χ0v) is 18.2. The third-order valence-corrected chi connectivity index (χ3v) is 5.34. The molecule has 0 aliphatic heterocycles. The van der Waals surface area contributed by atoms with E-state index in [9.17, 15) is 18.4 Å². The number of halogens is 2. The summed E-state index contributed by atoms with van der Waals surface area (Å²) in [6.07, 6.45) is 1.55. The number of nitrogens with zero attached hydrogens (tertiary/aromatic N) is 4. The van der Waals surface area contributed by atoms with Crippen molar-refractivity contribution in [1.29, 1.82) is 0 Å². The summed E-state index contributed by atoms with van der Waals surface area (Å²) in [6.45, 7) is -2.61. The maximum atomic E-state index is 12.8. The molecule has 0 fully saturated rings. The molecular weight excluding hydrogens is 440 g/mol. The topological polar surface area (TPSA) is 89.3 Å². The van der Waals surface area contributed by atoms with Crippen LogP contribution in [0.5, 0.6) is 5.75 Å². The van der Waals surface area contributed by atoms with Gasteiger partial charge in [0.15, 0.2) is 5.16 Å². The number of nitrogens with one attached hydrogen (secondary N) is 1. The third-order valence-electron chi connectivity index (χ3n) is 4.31. The molecule has 2 aromatic carbocycles. The van der Waals surface area contributed by atoms with Crippen molar-refractivity contribution in [2.45, 2.75) is 18.3 Å². The van der Waals surface area contributed by atoms with Crippen molar-refractivity contribution in [3.05, 3.63) is 66.0 Å². The summed E-state index contributed by atoms with van der Waals surface area (Å²) >= 11 is 1.25. The molecule has 0 unspecified atom stereocenters. The number of aromatic nitrogens is 3. The lowest BCUT2D eigenvalue weighted by molar-refractivity contribution is -0.113. The molecule has 32 heavy (non-hydrogen) atoms. The van der Waals surface area contributed by atoms with Crippen molar-refractivity contribution in [2.24, 2.45) is 7.05 Å². The summed E-state index contributed by atoms with van der Waals surface area (Å²) in [4.78, 5) is 26.5. The van der Waals surface area contributed by atoms with E-state index in [4.69, 9.17) is 0 Å². The molecule has 11 heteroatoms. The van der Waals surface area contributed by atoms with E-state index in [1.165, 1.54) is 28.8 Å². The van der Waals surface area contributed by atoms with Gasteiger partial charge in [-0.3, -0.25) is 9.59 Å². The Morgan fingerprint density at radius 1 is 1.22 bits per heavy atom.